The lowest BCUT2D eigenvalue weighted by atomic mass is 9.59. The molecule has 11 rings (SSSR count). The van der Waals surface area contributed by atoms with Gasteiger partial charge in [0.15, 0.2) is 0 Å². The summed E-state index contributed by atoms with van der Waals surface area (Å²) >= 11 is 1.81. The smallest absolute Gasteiger partial charge is 0.145 e. The Morgan fingerprint density at radius 1 is 0.407 bits per heavy atom. The maximum atomic E-state index is 6.70. The highest BCUT2D eigenvalue weighted by Gasteiger charge is 2.22. The largest absolute Gasteiger partial charge is 0.292 e. The summed E-state index contributed by atoms with van der Waals surface area (Å²) in [6.07, 6.45) is 0. The molecule has 2 aromatic heterocycles. The summed E-state index contributed by atoms with van der Waals surface area (Å²) in [6.45, 7) is 0. The van der Waals surface area contributed by atoms with Crippen LogP contribution in [0.25, 0.3) is 103 Å². The molecule has 9 aromatic carbocycles. The van der Waals surface area contributed by atoms with Gasteiger partial charge >= 0.3 is 0 Å². The number of hydrogen-bond acceptors (Lipinski definition) is 2. The number of hydrogen-bond donors (Lipinski definition) is 0. The molecule has 10 radical (unpaired) electrons. The predicted molar refractivity (Wildman–Crippen MR) is 258 cm³/mol. The fourth-order valence-corrected chi connectivity index (χ4v) is 10.1. The summed E-state index contributed by atoms with van der Waals surface area (Å²) in [7, 11) is 32.5. The van der Waals surface area contributed by atoms with Crippen molar-refractivity contribution in [3.63, 3.8) is 0 Å². The van der Waals surface area contributed by atoms with Gasteiger partial charge in [0, 0.05) is 31.4 Å². The second-order valence-corrected chi connectivity index (χ2v) is 16.0. The van der Waals surface area contributed by atoms with Gasteiger partial charge in [-0.3, -0.25) is 4.57 Å². The van der Waals surface area contributed by atoms with Crippen molar-refractivity contribution >= 4 is 131 Å². The van der Waals surface area contributed by atoms with Crippen LogP contribution in [0.4, 0.5) is 0 Å². The van der Waals surface area contributed by atoms with Gasteiger partial charge < -0.3 is 0 Å². The number of aromatic nitrogens is 2. The van der Waals surface area contributed by atoms with Crippen molar-refractivity contribution in [3.05, 3.63) is 164 Å². The summed E-state index contributed by atoms with van der Waals surface area (Å²) in [4.78, 5) is 5.08. The molecule has 0 unspecified atom stereocenters. The zero-order valence-corrected chi connectivity index (χ0v) is 32.6. The standard InChI is InChI=1S/C51H27B5N2S/c52-46-43(47(53)49(55)50(56)48(46)54)30-23-26-34-37(27-30)44(36-16-10-20-41-45(36)35-15-6-9-19-40(35)59-41)33-14-5-4-13-32(33)42(34)28-21-24-31(25-22-28)58-39-18-8-7-17-38(39)57-51(58)29-11-2-1-3-12-29/h1-27H. The van der Waals surface area contributed by atoms with Crippen LogP contribution >= 0.6 is 11.3 Å². The Morgan fingerprint density at radius 2 is 1.00 bits per heavy atom. The molecule has 0 aliphatic rings. The first kappa shape index (κ1) is 35.7. The van der Waals surface area contributed by atoms with Crippen LogP contribution in [-0.4, -0.2) is 48.8 Å². The van der Waals surface area contributed by atoms with Gasteiger partial charge in [-0.05, 0) is 97.4 Å². The highest BCUT2D eigenvalue weighted by atomic mass is 32.1. The minimum absolute atomic E-state index is 0.192. The molecule has 8 heteroatoms. The first-order chi connectivity index (χ1) is 28.9. The normalized spacial score (nSPS) is 11.7. The maximum Gasteiger partial charge on any atom is 0.145 e. The van der Waals surface area contributed by atoms with Crippen LogP contribution in [0.2, 0.25) is 0 Å². The van der Waals surface area contributed by atoms with Crippen molar-refractivity contribution in [3.8, 4) is 50.5 Å². The van der Waals surface area contributed by atoms with Crippen molar-refractivity contribution in [2.24, 2.45) is 0 Å². The number of para-hydroxylation sites is 2. The van der Waals surface area contributed by atoms with E-state index in [1.165, 1.54) is 20.2 Å². The molecule has 0 fully saturated rings. The van der Waals surface area contributed by atoms with Crippen molar-refractivity contribution in [2.75, 3.05) is 0 Å². The SMILES string of the molecule is [B]c1c([B])c([B])c(-c2ccc3c(-c4ccc(-n5c(-c6ccccc6)nc6ccccc65)cc4)c4ccccc4c(-c4cccc5sc6ccccc6c45)c3c2)c([B])c1[B]. The molecular weight excluding hydrogens is 727 g/mol. The Labute approximate surface area is 352 Å². The molecule has 262 valence electrons. The number of fused-ring (bicyclic) bond motifs is 6. The van der Waals surface area contributed by atoms with Gasteiger partial charge in [0.25, 0.3) is 0 Å². The first-order valence-corrected chi connectivity index (χ1v) is 20.2. The van der Waals surface area contributed by atoms with Gasteiger partial charge in [-0.25, -0.2) is 4.98 Å². The molecule has 0 N–H and O–H groups in total. The second-order valence-electron chi connectivity index (χ2n) is 14.9. The van der Waals surface area contributed by atoms with Crippen LogP contribution in [-0.2, 0) is 0 Å². The highest BCUT2D eigenvalue weighted by Crippen LogP contribution is 2.48. The lowest BCUT2D eigenvalue weighted by Crippen LogP contribution is -2.55. The second kappa shape index (κ2) is 13.8. The fraction of sp³-hybridized carbons (Fsp3) is 0. The molecule has 2 nitrogen and oxygen atoms in total. The number of thiophene rings is 1. The lowest BCUT2D eigenvalue weighted by Gasteiger charge is -2.23. The minimum Gasteiger partial charge on any atom is -0.292 e. The third-order valence-corrected chi connectivity index (χ3v) is 12.8. The average Bonchev–Trinajstić information content (AvgIpc) is 3.87. The topological polar surface area (TPSA) is 17.8 Å². The Morgan fingerprint density at radius 3 is 1.76 bits per heavy atom. The molecule has 11 aromatic rings. The van der Waals surface area contributed by atoms with Crippen LogP contribution in [0, 0.1) is 0 Å². The van der Waals surface area contributed by atoms with E-state index >= 15 is 0 Å². The molecule has 59 heavy (non-hydrogen) atoms. The van der Waals surface area contributed by atoms with Crippen LogP contribution < -0.4 is 27.3 Å². The molecule has 0 aliphatic heterocycles. The van der Waals surface area contributed by atoms with Gasteiger partial charge in [0.05, 0.1) is 11.0 Å². The van der Waals surface area contributed by atoms with E-state index in [2.05, 4.69) is 156 Å². The quantitative estimate of drug-likeness (QED) is 0.128. The van der Waals surface area contributed by atoms with Crippen molar-refractivity contribution in [1.29, 1.82) is 0 Å². The Hall–Kier alpha value is -6.49. The average molecular weight is 754 g/mol. The summed E-state index contributed by atoms with van der Waals surface area (Å²) < 4.78 is 4.71. The van der Waals surface area contributed by atoms with E-state index in [0.717, 1.165) is 77.5 Å². The molecule has 0 bridgehead atoms. The maximum absolute atomic E-state index is 6.70. The lowest BCUT2D eigenvalue weighted by molar-refractivity contribution is 1.10. The molecule has 2 heterocycles. The molecule has 0 amide bonds. The van der Waals surface area contributed by atoms with E-state index in [4.69, 9.17) is 44.2 Å². The highest BCUT2D eigenvalue weighted by molar-refractivity contribution is 7.26. The number of benzene rings is 9. The molecule has 0 spiro atoms. The number of rotatable bonds is 5. The zero-order chi connectivity index (χ0) is 39.9. The molecule has 0 atom stereocenters. The van der Waals surface area contributed by atoms with E-state index in [9.17, 15) is 0 Å². The van der Waals surface area contributed by atoms with Crippen LogP contribution in [0.3, 0.4) is 0 Å². The van der Waals surface area contributed by atoms with Crippen LogP contribution in [0.15, 0.2) is 164 Å². The first-order valence-electron chi connectivity index (χ1n) is 19.4. The van der Waals surface area contributed by atoms with E-state index in [1.807, 2.05) is 23.5 Å². The number of imidazole rings is 1. The summed E-state index contributed by atoms with van der Waals surface area (Å²) in [5.74, 6) is 0.893. The van der Waals surface area contributed by atoms with E-state index in [-0.39, 0.29) is 16.4 Å². The van der Waals surface area contributed by atoms with Crippen LogP contribution in [0.1, 0.15) is 0 Å². The van der Waals surface area contributed by atoms with Gasteiger partial charge in [-0.2, -0.15) is 0 Å². The molecule has 0 saturated heterocycles. The van der Waals surface area contributed by atoms with Crippen molar-refractivity contribution < 1.29 is 0 Å². The van der Waals surface area contributed by atoms with Gasteiger partial charge in [0.2, 0.25) is 0 Å². The fourth-order valence-electron chi connectivity index (χ4n) is 8.92. The zero-order valence-electron chi connectivity index (χ0n) is 31.8. The number of nitrogens with zero attached hydrogens (tertiary/aromatic N) is 2. The van der Waals surface area contributed by atoms with E-state index in [0.29, 0.717) is 16.5 Å². The Bertz CT molecular complexity index is 3470. The monoisotopic (exact) mass is 754 g/mol. The predicted octanol–water partition coefficient (Wildman–Crippen LogP) is 8.34. The summed E-state index contributed by atoms with van der Waals surface area (Å²) in [6, 6.07) is 57.8. The minimum atomic E-state index is 0.192. The molecular formula is C51H27B5N2S. The van der Waals surface area contributed by atoms with Gasteiger partial charge in [0.1, 0.15) is 45.1 Å². The Balaban J connectivity index is 1.21. The van der Waals surface area contributed by atoms with E-state index < -0.39 is 0 Å². The third-order valence-electron chi connectivity index (χ3n) is 11.7. The van der Waals surface area contributed by atoms with Crippen LogP contribution in [0.5, 0.6) is 0 Å². The van der Waals surface area contributed by atoms with Gasteiger partial charge in [-0.1, -0.05) is 132 Å². The van der Waals surface area contributed by atoms with Crippen molar-refractivity contribution in [2.45, 2.75) is 0 Å². The molecule has 0 saturated carbocycles. The summed E-state index contributed by atoms with van der Waals surface area (Å²) in [5.41, 5.74) is 11.2. The third kappa shape index (κ3) is 5.50. The van der Waals surface area contributed by atoms with Gasteiger partial charge in [-0.15, -0.1) is 27.7 Å². The molecule has 0 aliphatic carbocycles. The van der Waals surface area contributed by atoms with Crippen molar-refractivity contribution in [1.82, 2.24) is 9.55 Å². The van der Waals surface area contributed by atoms with E-state index in [1.54, 1.807) is 0 Å². The summed E-state index contributed by atoms with van der Waals surface area (Å²) in [5, 5.41) is 6.85. The Kier molecular flexibility index (Phi) is 8.36.